The summed E-state index contributed by atoms with van der Waals surface area (Å²) in [6, 6.07) is 19.6. The van der Waals surface area contributed by atoms with Crippen molar-refractivity contribution in [2.24, 2.45) is 10.2 Å². The number of azo groups is 1. The zero-order chi connectivity index (χ0) is 25.6. The molecule has 0 spiro atoms. The number of alkyl halides is 3. The molecule has 11 heteroatoms. The van der Waals surface area contributed by atoms with Crippen molar-refractivity contribution in [3.05, 3.63) is 88.4 Å². The fraction of sp³-hybridized carbons (Fsp3) is 0.167. The molecule has 0 radical (unpaired) electrons. The molecule has 0 aromatic heterocycles. The fourth-order valence-corrected chi connectivity index (χ4v) is 3.72. The average molecular weight is 569 g/mol. The van der Waals surface area contributed by atoms with Gasteiger partial charge in [-0.1, -0.05) is 70.7 Å². The first-order chi connectivity index (χ1) is 16.5. The van der Waals surface area contributed by atoms with Crippen molar-refractivity contribution >= 4 is 86.7 Å². The lowest BCUT2D eigenvalue weighted by atomic mass is 10.2. The van der Waals surface area contributed by atoms with Crippen LogP contribution in [0.2, 0.25) is 5.02 Å². The number of carbonyl (C=O) groups is 1. The minimum Gasteiger partial charge on any atom is -0.339 e. The molecule has 182 valence electrons. The Morgan fingerprint density at radius 1 is 0.914 bits per heavy atom. The minimum absolute atomic E-state index is 0.144. The highest BCUT2D eigenvalue weighted by molar-refractivity contribution is 7.80. The van der Waals surface area contributed by atoms with Gasteiger partial charge < -0.3 is 16.0 Å². The third-order valence-electron chi connectivity index (χ3n) is 4.81. The number of nitrogens with one attached hydrogen (secondary N) is 3. The van der Waals surface area contributed by atoms with Crippen LogP contribution in [0.15, 0.2) is 77.0 Å². The Morgan fingerprint density at radius 2 is 1.66 bits per heavy atom. The predicted octanol–water partition coefficient (Wildman–Crippen LogP) is 7.78. The number of carbonyl (C=O) groups excluding carboxylic acids is 1. The largest absolute Gasteiger partial charge is 0.339 e. The first kappa shape index (κ1) is 27.2. The van der Waals surface area contributed by atoms with E-state index in [1.165, 1.54) is 6.07 Å². The quantitative estimate of drug-likeness (QED) is 0.123. The van der Waals surface area contributed by atoms with Gasteiger partial charge in [-0.25, -0.2) is 0 Å². The number of hydrogen-bond donors (Lipinski definition) is 3. The summed E-state index contributed by atoms with van der Waals surface area (Å²) in [5.74, 6) is -0.487. The highest BCUT2D eigenvalue weighted by Crippen LogP contribution is 2.30. The lowest BCUT2D eigenvalue weighted by molar-refractivity contribution is 0.0934. The molecule has 0 aliphatic carbocycles. The van der Waals surface area contributed by atoms with Gasteiger partial charge in [0.1, 0.15) is 6.17 Å². The van der Waals surface area contributed by atoms with E-state index in [1.54, 1.807) is 24.3 Å². The van der Waals surface area contributed by atoms with Crippen LogP contribution in [-0.4, -0.2) is 21.0 Å². The van der Waals surface area contributed by atoms with Crippen LogP contribution in [-0.2, 0) is 0 Å². The SMILES string of the molecule is Cc1ccccc1N=Nc1ccc(NC(=S)N[C@H](NC(=O)c2cccc(Cl)c2)C(Cl)(Cl)Cl)c(C)c1. The van der Waals surface area contributed by atoms with E-state index < -0.39 is 15.9 Å². The molecule has 6 nitrogen and oxygen atoms in total. The van der Waals surface area contributed by atoms with Crippen LogP contribution in [0.4, 0.5) is 17.1 Å². The average Bonchev–Trinajstić information content (AvgIpc) is 2.79. The lowest BCUT2D eigenvalue weighted by Crippen LogP contribution is -2.56. The number of hydrogen-bond acceptors (Lipinski definition) is 4. The van der Waals surface area contributed by atoms with Crippen molar-refractivity contribution in [2.75, 3.05) is 5.32 Å². The molecule has 0 unspecified atom stereocenters. The standard InChI is InChI=1S/C24H21Cl4N5OS/c1-14-6-3-4-9-20(14)33-32-18-10-11-19(15(2)12-18)29-23(35)31-22(24(26,27)28)30-21(34)16-7-5-8-17(25)13-16/h3-13,22H,1-2H3,(H,30,34)(H2,29,31,35)/t22-/m0/s1. The summed E-state index contributed by atoms with van der Waals surface area (Å²) < 4.78 is -1.89. The molecule has 0 bridgehead atoms. The van der Waals surface area contributed by atoms with Crippen LogP contribution >= 0.6 is 58.6 Å². The van der Waals surface area contributed by atoms with Gasteiger partial charge in [0.05, 0.1) is 11.4 Å². The molecule has 0 saturated carbocycles. The van der Waals surface area contributed by atoms with Gasteiger partial charge in [0.2, 0.25) is 3.79 Å². The third kappa shape index (κ3) is 8.05. The molecule has 3 rings (SSSR count). The van der Waals surface area contributed by atoms with E-state index in [4.69, 9.17) is 58.6 Å². The highest BCUT2D eigenvalue weighted by atomic mass is 35.6. The molecular formula is C24H21Cl4N5OS. The molecule has 0 heterocycles. The van der Waals surface area contributed by atoms with Crippen molar-refractivity contribution in [3.8, 4) is 0 Å². The first-order valence-electron chi connectivity index (χ1n) is 10.3. The maximum Gasteiger partial charge on any atom is 0.253 e. The number of anilines is 1. The molecule has 0 aliphatic rings. The van der Waals surface area contributed by atoms with Gasteiger partial charge in [0.25, 0.3) is 5.91 Å². The van der Waals surface area contributed by atoms with E-state index in [9.17, 15) is 4.79 Å². The fourth-order valence-electron chi connectivity index (χ4n) is 2.97. The molecule has 0 saturated heterocycles. The second kappa shape index (κ2) is 12.0. The monoisotopic (exact) mass is 567 g/mol. The van der Waals surface area contributed by atoms with E-state index in [2.05, 4.69) is 26.2 Å². The van der Waals surface area contributed by atoms with Gasteiger partial charge in [0, 0.05) is 16.3 Å². The predicted molar refractivity (Wildman–Crippen MR) is 149 cm³/mol. The van der Waals surface area contributed by atoms with E-state index in [-0.39, 0.29) is 5.11 Å². The van der Waals surface area contributed by atoms with Gasteiger partial charge >= 0.3 is 0 Å². The Kier molecular flexibility index (Phi) is 9.33. The molecule has 1 amide bonds. The second-order valence-corrected chi connectivity index (χ2v) is 10.8. The topological polar surface area (TPSA) is 77.9 Å². The summed E-state index contributed by atoms with van der Waals surface area (Å²) in [6.45, 7) is 3.87. The normalized spacial score (nSPS) is 12.3. The Balaban J connectivity index is 1.67. The Morgan fingerprint density at radius 3 is 2.31 bits per heavy atom. The molecule has 3 aromatic rings. The van der Waals surface area contributed by atoms with E-state index in [0.29, 0.717) is 22.0 Å². The number of benzene rings is 3. The van der Waals surface area contributed by atoms with Crippen LogP contribution in [0.3, 0.4) is 0 Å². The zero-order valence-corrected chi connectivity index (χ0v) is 22.5. The summed E-state index contributed by atoms with van der Waals surface area (Å²) in [6.07, 6.45) is -1.12. The second-order valence-electron chi connectivity index (χ2n) is 7.54. The summed E-state index contributed by atoms with van der Waals surface area (Å²) in [5.41, 5.74) is 4.40. The third-order valence-corrected chi connectivity index (χ3v) is 5.92. The van der Waals surface area contributed by atoms with E-state index in [0.717, 1.165) is 16.8 Å². The molecule has 0 fully saturated rings. The number of thiocarbonyl (C=S) groups is 1. The molecule has 3 N–H and O–H groups in total. The van der Waals surface area contributed by atoms with Crippen LogP contribution < -0.4 is 16.0 Å². The summed E-state index contributed by atoms with van der Waals surface area (Å²) in [7, 11) is 0. The number of halogens is 4. The van der Waals surface area contributed by atoms with Crippen molar-refractivity contribution in [1.29, 1.82) is 0 Å². The van der Waals surface area contributed by atoms with Crippen molar-refractivity contribution in [3.63, 3.8) is 0 Å². The van der Waals surface area contributed by atoms with Crippen LogP contribution in [0, 0.1) is 13.8 Å². The Labute approximate surface area is 229 Å². The van der Waals surface area contributed by atoms with Crippen molar-refractivity contribution < 1.29 is 4.79 Å². The maximum atomic E-state index is 12.6. The Hall–Kier alpha value is -2.42. The summed E-state index contributed by atoms with van der Waals surface area (Å²) in [4.78, 5) is 12.6. The van der Waals surface area contributed by atoms with Gasteiger partial charge in [0.15, 0.2) is 5.11 Å². The molecule has 1 atom stereocenters. The van der Waals surface area contributed by atoms with Crippen LogP contribution in [0.1, 0.15) is 21.5 Å². The van der Waals surface area contributed by atoms with E-state index >= 15 is 0 Å². The highest BCUT2D eigenvalue weighted by Gasteiger charge is 2.35. The van der Waals surface area contributed by atoms with Gasteiger partial charge in [-0.15, -0.1) is 0 Å². The smallest absolute Gasteiger partial charge is 0.253 e. The summed E-state index contributed by atoms with van der Waals surface area (Å²) in [5, 5.41) is 17.7. The summed E-state index contributed by atoms with van der Waals surface area (Å²) >= 11 is 29.6. The number of rotatable bonds is 6. The lowest BCUT2D eigenvalue weighted by Gasteiger charge is -2.28. The van der Waals surface area contributed by atoms with Crippen molar-refractivity contribution in [1.82, 2.24) is 10.6 Å². The van der Waals surface area contributed by atoms with Gasteiger partial charge in [-0.05, 0) is 79.7 Å². The van der Waals surface area contributed by atoms with Crippen LogP contribution in [0.25, 0.3) is 0 Å². The van der Waals surface area contributed by atoms with Gasteiger partial charge in [-0.3, -0.25) is 4.79 Å². The minimum atomic E-state index is -1.89. The van der Waals surface area contributed by atoms with Crippen molar-refractivity contribution in [2.45, 2.75) is 23.8 Å². The first-order valence-corrected chi connectivity index (χ1v) is 12.2. The molecule has 0 aliphatic heterocycles. The number of aryl methyl sites for hydroxylation is 2. The van der Waals surface area contributed by atoms with E-state index in [1.807, 2.05) is 50.2 Å². The maximum absolute atomic E-state index is 12.6. The Bertz CT molecular complexity index is 1260. The number of amides is 1. The molecule has 3 aromatic carbocycles. The molecular weight excluding hydrogens is 548 g/mol. The number of nitrogens with zero attached hydrogens (tertiary/aromatic N) is 2. The molecule has 35 heavy (non-hydrogen) atoms. The zero-order valence-electron chi connectivity index (χ0n) is 18.7. The van der Waals surface area contributed by atoms with Gasteiger partial charge in [-0.2, -0.15) is 10.2 Å². The van der Waals surface area contributed by atoms with Crippen LogP contribution in [0.5, 0.6) is 0 Å².